The molecule has 0 aliphatic rings. The van der Waals surface area contributed by atoms with E-state index in [9.17, 15) is 9.59 Å². The third-order valence-electron chi connectivity index (χ3n) is 2.80. The van der Waals surface area contributed by atoms with Crippen LogP contribution < -0.4 is 0 Å². The zero-order valence-corrected chi connectivity index (χ0v) is 10.1. The summed E-state index contributed by atoms with van der Waals surface area (Å²) in [6.07, 6.45) is 1.16. The van der Waals surface area contributed by atoms with Gasteiger partial charge in [0.25, 0.3) is 0 Å². The topological polar surface area (TPSA) is 74.6 Å². The molecule has 0 aromatic rings. The smallest absolute Gasteiger partial charge is 0.331 e. The van der Waals surface area contributed by atoms with E-state index in [2.05, 4.69) is 0 Å². The molecule has 0 rings (SSSR count). The Bertz CT molecular complexity index is 325. The predicted octanol–water partition coefficient (Wildman–Crippen LogP) is 2.61. The molecule has 2 N–H and O–H groups in total. The Morgan fingerprint density at radius 1 is 0.750 bits per heavy atom. The van der Waals surface area contributed by atoms with Crippen molar-refractivity contribution >= 4 is 11.9 Å². The van der Waals surface area contributed by atoms with E-state index in [1.807, 2.05) is 0 Å². The first-order chi connectivity index (χ1) is 7.27. The van der Waals surface area contributed by atoms with Gasteiger partial charge in [-0.05, 0) is 40.5 Å². The highest BCUT2D eigenvalue weighted by atomic mass is 16.4. The van der Waals surface area contributed by atoms with E-state index in [0.29, 0.717) is 24.0 Å². The third-order valence-corrected chi connectivity index (χ3v) is 2.80. The van der Waals surface area contributed by atoms with Gasteiger partial charge in [0.2, 0.25) is 0 Å². The first-order valence-electron chi connectivity index (χ1n) is 5.06. The summed E-state index contributed by atoms with van der Waals surface area (Å²) in [5.74, 6) is -1.84. The maximum absolute atomic E-state index is 10.7. The summed E-state index contributed by atoms with van der Waals surface area (Å²) in [4.78, 5) is 21.3. The van der Waals surface area contributed by atoms with Gasteiger partial charge in [0.15, 0.2) is 0 Å². The molecule has 0 amide bonds. The van der Waals surface area contributed by atoms with Crippen LogP contribution >= 0.6 is 0 Å². The molecule has 0 saturated heterocycles. The molecule has 90 valence electrons. The molecule has 16 heavy (non-hydrogen) atoms. The molecule has 0 bridgehead atoms. The molecule has 0 saturated carbocycles. The van der Waals surface area contributed by atoms with E-state index in [-0.39, 0.29) is 0 Å². The van der Waals surface area contributed by atoms with E-state index >= 15 is 0 Å². The summed E-state index contributed by atoms with van der Waals surface area (Å²) in [7, 11) is 0. The summed E-state index contributed by atoms with van der Waals surface area (Å²) >= 11 is 0. The zero-order valence-electron chi connectivity index (χ0n) is 10.1. The Kier molecular flexibility index (Phi) is 5.50. The standard InChI is InChI=1S/C12H18O4/c1-7(9(3)11(13)14)5-6-8(2)10(4)12(15)16/h5-6H2,1-4H3,(H,13,14)(H,15,16). The molecule has 0 aromatic heterocycles. The predicted molar refractivity (Wildman–Crippen MR) is 61.3 cm³/mol. The lowest BCUT2D eigenvalue weighted by Gasteiger charge is -2.06. The molecule has 0 fully saturated rings. The van der Waals surface area contributed by atoms with Gasteiger partial charge >= 0.3 is 11.9 Å². The molecule has 0 atom stereocenters. The summed E-state index contributed by atoms with van der Waals surface area (Å²) in [6.45, 7) is 6.63. The van der Waals surface area contributed by atoms with Gasteiger partial charge in [-0.15, -0.1) is 0 Å². The number of carboxylic acids is 2. The molecule has 0 heterocycles. The minimum Gasteiger partial charge on any atom is -0.478 e. The van der Waals surface area contributed by atoms with Crippen molar-refractivity contribution in [2.24, 2.45) is 0 Å². The van der Waals surface area contributed by atoms with Crippen LogP contribution in [0.2, 0.25) is 0 Å². The second-order valence-corrected chi connectivity index (χ2v) is 3.92. The van der Waals surface area contributed by atoms with Gasteiger partial charge in [0, 0.05) is 11.1 Å². The number of aliphatic carboxylic acids is 2. The number of hydrogen-bond donors (Lipinski definition) is 2. The van der Waals surface area contributed by atoms with Crippen molar-refractivity contribution in [1.29, 1.82) is 0 Å². The number of carbonyl (C=O) groups is 2. The normalized spacial score (nSPS) is 14.0. The van der Waals surface area contributed by atoms with Crippen LogP contribution in [-0.4, -0.2) is 22.2 Å². The van der Waals surface area contributed by atoms with Gasteiger partial charge in [0.05, 0.1) is 0 Å². The van der Waals surface area contributed by atoms with Crippen LogP contribution in [0.3, 0.4) is 0 Å². The van der Waals surface area contributed by atoms with Crippen LogP contribution in [0.15, 0.2) is 22.3 Å². The van der Waals surface area contributed by atoms with Crippen molar-refractivity contribution in [2.45, 2.75) is 40.5 Å². The molecular formula is C12H18O4. The van der Waals surface area contributed by atoms with Crippen molar-refractivity contribution in [2.75, 3.05) is 0 Å². The zero-order chi connectivity index (χ0) is 12.9. The lowest BCUT2D eigenvalue weighted by Crippen LogP contribution is -2.02. The highest BCUT2D eigenvalue weighted by molar-refractivity contribution is 5.87. The SMILES string of the molecule is CC(CCC(C)=C(C)C(=O)O)=C(C)C(=O)O. The molecule has 0 unspecified atom stereocenters. The minimum absolute atomic E-state index is 0.334. The van der Waals surface area contributed by atoms with Crippen molar-refractivity contribution in [3.05, 3.63) is 22.3 Å². The maximum Gasteiger partial charge on any atom is 0.331 e. The average Bonchev–Trinajstić information content (AvgIpc) is 2.22. The van der Waals surface area contributed by atoms with Crippen LogP contribution in [0.25, 0.3) is 0 Å². The lowest BCUT2D eigenvalue weighted by molar-refractivity contribution is -0.133. The molecular weight excluding hydrogens is 208 g/mol. The van der Waals surface area contributed by atoms with E-state index in [4.69, 9.17) is 10.2 Å². The van der Waals surface area contributed by atoms with E-state index in [0.717, 1.165) is 11.1 Å². The quantitative estimate of drug-likeness (QED) is 0.706. The number of carboxylic acid groups (broad SMARTS) is 2. The Balaban J connectivity index is 4.60. The van der Waals surface area contributed by atoms with Crippen molar-refractivity contribution < 1.29 is 19.8 Å². The molecule has 0 aliphatic carbocycles. The minimum atomic E-state index is -0.922. The summed E-state index contributed by atoms with van der Waals surface area (Å²) in [5, 5.41) is 17.5. The van der Waals surface area contributed by atoms with Crippen LogP contribution in [-0.2, 0) is 9.59 Å². The fourth-order valence-corrected chi connectivity index (χ4v) is 1.12. The number of hydrogen-bond acceptors (Lipinski definition) is 2. The van der Waals surface area contributed by atoms with E-state index in [1.165, 1.54) is 0 Å². The highest BCUT2D eigenvalue weighted by Gasteiger charge is 2.08. The van der Waals surface area contributed by atoms with Gasteiger partial charge in [-0.2, -0.15) is 0 Å². The largest absolute Gasteiger partial charge is 0.478 e. The third kappa shape index (κ3) is 4.29. The molecule has 4 heteroatoms. The summed E-state index contributed by atoms with van der Waals surface area (Å²) < 4.78 is 0. The first-order valence-corrected chi connectivity index (χ1v) is 5.06. The van der Waals surface area contributed by atoms with E-state index < -0.39 is 11.9 Å². The van der Waals surface area contributed by atoms with Crippen molar-refractivity contribution in [3.63, 3.8) is 0 Å². The molecule has 0 radical (unpaired) electrons. The van der Waals surface area contributed by atoms with Crippen LogP contribution in [0.1, 0.15) is 40.5 Å². The van der Waals surface area contributed by atoms with Gasteiger partial charge in [-0.1, -0.05) is 11.1 Å². The second kappa shape index (κ2) is 6.10. The van der Waals surface area contributed by atoms with Crippen molar-refractivity contribution in [3.8, 4) is 0 Å². The lowest BCUT2D eigenvalue weighted by atomic mass is 10.00. The van der Waals surface area contributed by atoms with Gasteiger partial charge in [0.1, 0.15) is 0 Å². The van der Waals surface area contributed by atoms with Gasteiger partial charge < -0.3 is 10.2 Å². The van der Waals surface area contributed by atoms with Crippen molar-refractivity contribution in [1.82, 2.24) is 0 Å². The molecule has 4 nitrogen and oxygen atoms in total. The van der Waals surface area contributed by atoms with Gasteiger partial charge in [-0.3, -0.25) is 0 Å². The summed E-state index contributed by atoms with van der Waals surface area (Å²) in [6, 6.07) is 0. The van der Waals surface area contributed by atoms with Crippen LogP contribution in [0, 0.1) is 0 Å². The fraction of sp³-hybridized carbons (Fsp3) is 0.500. The maximum atomic E-state index is 10.7. The van der Waals surface area contributed by atoms with Crippen LogP contribution in [0.5, 0.6) is 0 Å². The Labute approximate surface area is 95.3 Å². The number of rotatable bonds is 5. The first kappa shape index (κ1) is 14.4. The average molecular weight is 226 g/mol. The highest BCUT2D eigenvalue weighted by Crippen LogP contribution is 2.17. The Morgan fingerprint density at radius 2 is 1.00 bits per heavy atom. The Morgan fingerprint density at radius 3 is 1.19 bits per heavy atom. The Hall–Kier alpha value is -1.58. The monoisotopic (exact) mass is 226 g/mol. The van der Waals surface area contributed by atoms with Crippen LogP contribution in [0.4, 0.5) is 0 Å². The van der Waals surface area contributed by atoms with E-state index in [1.54, 1.807) is 27.7 Å². The molecule has 0 aliphatic heterocycles. The van der Waals surface area contributed by atoms with Gasteiger partial charge in [-0.25, -0.2) is 9.59 Å². The second-order valence-electron chi connectivity index (χ2n) is 3.92. The molecule has 0 aromatic carbocycles. The number of allylic oxidation sites excluding steroid dienone is 2. The summed E-state index contributed by atoms with van der Waals surface area (Å²) in [5.41, 5.74) is 2.23. The molecule has 0 spiro atoms. The fourth-order valence-electron chi connectivity index (χ4n) is 1.12.